The summed E-state index contributed by atoms with van der Waals surface area (Å²) in [4.78, 5) is 11.6. The maximum Gasteiger partial charge on any atom is 0.325 e. The van der Waals surface area contributed by atoms with Crippen LogP contribution in [0.5, 0.6) is 0 Å². The van der Waals surface area contributed by atoms with Gasteiger partial charge in [0.25, 0.3) is 0 Å². The maximum atomic E-state index is 11.6. The first-order valence-corrected chi connectivity index (χ1v) is 6.14. The molecule has 0 aromatic carbocycles. The van der Waals surface area contributed by atoms with Gasteiger partial charge in [0.05, 0.1) is 13.2 Å². The number of esters is 1. The van der Waals surface area contributed by atoms with Crippen LogP contribution in [0.3, 0.4) is 0 Å². The molecule has 1 aliphatic rings. The molecule has 4 nitrogen and oxygen atoms in total. The zero-order valence-corrected chi connectivity index (χ0v) is 10.5. The average molecular weight is 229 g/mol. The summed E-state index contributed by atoms with van der Waals surface area (Å²) in [5, 5.41) is 3.25. The predicted octanol–water partition coefficient (Wildman–Crippen LogP) is 1.34. The van der Waals surface area contributed by atoms with E-state index in [1.54, 1.807) is 0 Å². The minimum Gasteiger partial charge on any atom is -0.465 e. The predicted molar refractivity (Wildman–Crippen MR) is 62.2 cm³/mol. The van der Waals surface area contributed by atoms with Crippen LogP contribution >= 0.6 is 0 Å². The average Bonchev–Trinajstić information content (AvgIpc) is 3.00. The molecule has 0 aromatic rings. The highest BCUT2D eigenvalue weighted by molar-refractivity contribution is 5.76. The lowest BCUT2D eigenvalue weighted by Gasteiger charge is -2.17. The Morgan fingerprint density at radius 1 is 1.38 bits per heavy atom. The molecule has 0 spiro atoms. The summed E-state index contributed by atoms with van der Waals surface area (Å²) in [6.45, 7) is 7.52. The third-order valence-electron chi connectivity index (χ3n) is 2.32. The minimum absolute atomic E-state index is 0.196. The molecule has 0 bridgehead atoms. The second kappa shape index (κ2) is 6.86. The van der Waals surface area contributed by atoms with Crippen LogP contribution in [-0.4, -0.2) is 37.9 Å². The van der Waals surface area contributed by atoms with Gasteiger partial charge in [-0.3, -0.25) is 10.1 Å². The highest BCUT2D eigenvalue weighted by Crippen LogP contribution is 2.19. The third kappa shape index (κ3) is 5.47. The summed E-state index contributed by atoms with van der Waals surface area (Å²) < 4.78 is 10.5. The van der Waals surface area contributed by atoms with E-state index in [4.69, 9.17) is 9.47 Å². The lowest BCUT2D eigenvalue weighted by molar-refractivity contribution is -0.147. The number of hydrogen-bond acceptors (Lipinski definition) is 4. The fourth-order valence-electron chi connectivity index (χ4n) is 1.38. The zero-order chi connectivity index (χ0) is 12.0. The Morgan fingerprint density at radius 3 is 2.56 bits per heavy atom. The molecule has 1 N–H and O–H groups in total. The van der Waals surface area contributed by atoms with Crippen molar-refractivity contribution in [3.63, 3.8) is 0 Å². The lowest BCUT2D eigenvalue weighted by Crippen LogP contribution is -2.43. The van der Waals surface area contributed by atoms with Gasteiger partial charge in [-0.15, -0.1) is 0 Å². The van der Waals surface area contributed by atoms with Crippen LogP contribution in [0.1, 0.15) is 33.6 Å². The molecule has 0 saturated heterocycles. The molecule has 16 heavy (non-hydrogen) atoms. The molecule has 0 heterocycles. The number of hydrogen-bond donors (Lipinski definition) is 1. The normalized spacial score (nSPS) is 17.5. The Hall–Kier alpha value is -0.610. The minimum atomic E-state index is -0.300. The first-order chi connectivity index (χ1) is 7.63. The van der Waals surface area contributed by atoms with E-state index in [1.807, 2.05) is 6.92 Å². The van der Waals surface area contributed by atoms with Gasteiger partial charge in [0.15, 0.2) is 0 Å². The van der Waals surface area contributed by atoms with Gasteiger partial charge in [0.2, 0.25) is 0 Å². The van der Waals surface area contributed by atoms with Gasteiger partial charge in [-0.25, -0.2) is 0 Å². The van der Waals surface area contributed by atoms with Gasteiger partial charge >= 0.3 is 5.97 Å². The molecule has 1 unspecified atom stereocenters. The van der Waals surface area contributed by atoms with Crippen LogP contribution in [0.2, 0.25) is 0 Å². The van der Waals surface area contributed by atoms with Gasteiger partial charge in [0.1, 0.15) is 6.04 Å². The lowest BCUT2D eigenvalue weighted by atomic mass is 10.2. The van der Waals surface area contributed by atoms with Crippen molar-refractivity contribution < 1.29 is 14.3 Å². The van der Waals surface area contributed by atoms with E-state index in [0.29, 0.717) is 31.8 Å². The van der Waals surface area contributed by atoms with E-state index in [1.165, 1.54) is 0 Å². The molecular formula is C12H23NO3. The summed E-state index contributed by atoms with van der Waals surface area (Å²) >= 11 is 0. The van der Waals surface area contributed by atoms with Gasteiger partial charge in [-0.2, -0.15) is 0 Å². The molecule has 1 rings (SSSR count). The Labute approximate surface area is 97.7 Å². The zero-order valence-electron chi connectivity index (χ0n) is 10.5. The first kappa shape index (κ1) is 13.5. The Kier molecular flexibility index (Phi) is 5.77. The van der Waals surface area contributed by atoms with Gasteiger partial charge < -0.3 is 9.47 Å². The fraction of sp³-hybridized carbons (Fsp3) is 0.917. The molecule has 0 radical (unpaired) electrons. The molecule has 4 heteroatoms. The van der Waals surface area contributed by atoms with Crippen molar-refractivity contribution in [3.05, 3.63) is 0 Å². The van der Waals surface area contributed by atoms with Crippen molar-refractivity contribution in [2.45, 2.75) is 45.7 Å². The van der Waals surface area contributed by atoms with Crippen LogP contribution in [0, 0.1) is 5.92 Å². The van der Waals surface area contributed by atoms with Crippen molar-refractivity contribution in [1.29, 1.82) is 0 Å². The van der Waals surface area contributed by atoms with E-state index < -0.39 is 0 Å². The van der Waals surface area contributed by atoms with E-state index in [9.17, 15) is 4.79 Å². The molecule has 1 aliphatic carbocycles. The number of carbonyl (C=O) groups excluding carboxylic acids is 1. The van der Waals surface area contributed by atoms with E-state index in [2.05, 4.69) is 19.2 Å². The maximum absolute atomic E-state index is 11.6. The van der Waals surface area contributed by atoms with Crippen LogP contribution in [0.15, 0.2) is 0 Å². The Balaban J connectivity index is 2.27. The van der Waals surface area contributed by atoms with E-state index in [-0.39, 0.29) is 12.0 Å². The summed E-state index contributed by atoms with van der Waals surface area (Å²) in [6.07, 6.45) is 2.31. The molecule has 1 saturated carbocycles. The topological polar surface area (TPSA) is 47.6 Å². The van der Waals surface area contributed by atoms with Crippen LogP contribution in [0.25, 0.3) is 0 Å². The van der Waals surface area contributed by atoms with Crippen molar-refractivity contribution in [2.75, 3.05) is 19.8 Å². The molecule has 0 aliphatic heterocycles. The summed E-state index contributed by atoms with van der Waals surface area (Å²) in [5.41, 5.74) is 0. The summed E-state index contributed by atoms with van der Waals surface area (Å²) in [7, 11) is 0. The number of rotatable bonds is 8. The highest BCUT2D eigenvalue weighted by atomic mass is 16.5. The quantitative estimate of drug-likeness (QED) is 0.638. The molecule has 0 amide bonds. The van der Waals surface area contributed by atoms with Crippen molar-refractivity contribution in [1.82, 2.24) is 5.32 Å². The van der Waals surface area contributed by atoms with Crippen LogP contribution < -0.4 is 5.32 Å². The van der Waals surface area contributed by atoms with Gasteiger partial charge in [-0.05, 0) is 25.7 Å². The third-order valence-corrected chi connectivity index (χ3v) is 2.32. The number of nitrogens with one attached hydrogen (secondary N) is 1. The number of carbonyl (C=O) groups is 1. The largest absolute Gasteiger partial charge is 0.465 e. The van der Waals surface area contributed by atoms with E-state index >= 15 is 0 Å². The molecule has 1 atom stereocenters. The van der Waals surface area contributed by atoms with Crippen molar-refractivity contribution >= 4 is 5.97 Å². The van der Waals surface area contributed by atoms with Gasteiger partial charge in [-0.1, -0.05) is 13.8 Å². The van der Waals surface area contributed by atoms with Crippen molar-refractivity contribution in [2.24, 2.45) is 5.92 Å². The molecule has 94 valence electrons. The first-order valence-electron chi connectivity index (χ1n) is 6.14. The van der Waals surface area contributed by atoms with Gasteiger partial charge in [0, 0.05) is 12.6 Å². The smallest absolute Gasteiger partial charge is 0.325 e. The summed E-state index contributed by atoms with van der Waals surface area (Å²) in [5.74, 6) is 0.293. The van der Waals surface area contributed by atoms with Crippen molar-refractivity contribution in [3.8, 4) is 0 Å². The summed E-state index contributed by atoms with van der Waals surface area (Å²) in [6, 6.07) is 0.184. The Bertz CT molecular complexity index is 214. The SMILES string of the molecule is CCOC(=O)C(COCC(C)C)NC1CC1. The standard InChI is InChI=1S/C12H23NO3/c1-4-16-12(14)11(13-10-5-6-10)8-15-7-9(2)3/h9-11,13H,4-8H2,1-3H3. The second-order valence-corrected chi connectivity index (χ2v) is 4.68. The Morgan fingerprint density at radius 2 is 2.06 bits per heavy atom. The number of ether oxygens (including phenoxy) is 2. The highest BCUT2D eigenvalue weighted by Gasteiger charge is 2.29. The molecule has 0 aromatic heterocycles. The van der Waals surface area contributed by atoms with Crippen LogP contribution in [-0.2, 0) is 14.3 Å². The van der Waals surface area contributed by atoms with E-state index in [0.717, 1.165) is 12.8 Å². The fourth-order valence-corrected chi connectivity index (χ4v) is 1.38. The second-order valence-electron chi connectivity index (χ2n) is 4.68. The molecule has 1 fully saturated rings. The molecular weight excluding hydrogens is 206 g/mol. The van der Waals surface area contributed by atoms with Crippen LogP contribution in [0.4, 0.5) is 0 Å². The monoisotopic (exact) mass is 229 g/mol.